The van der Waals surface area contributed by atoms with Crippen LogP contribution >= 0.6 is 24.8 Å². The maximum Gasteiger partial charge on any atom is 0.0728 e. The highest BCUT2D eigenvalue weighted by Crippen LogP contribution is 2.19. The van der Waals surface area contributed by atoms with Crippen LogP contribution in [0.2, 0.25) is 0 Å². The van der Waals surface area contributed by atoms with Gasteiger partial charge in [0.1, 0.15) is 0 Å². The van der Waals surface area contributed by atoms with E-state index in [-0.39, 0.29) is 24.8 Å². The Kier molecular flexibility index (Phi) is 5.81. The highest BCUT2D eigenvalue weighted by atomic mass is 35.5. The Morgan fingerprint density at radius 3 is 2.26 bits per heavy atom. The number of benzene rings is 2. The summed E-state index contributed by atoms with van der Waals surface area (Å²) in [7, 11) is 0. The van der Waals surface area contributed by atoms with Gasteiger partial charge >= 0.3 is 0 Å². The first-order valence-electron chi connectivity index (χ1n) is 5.81. The molecule has 0 saturated heterocycles. The summed E-state index contributed by atoms with van der Waals surface area (Å²) in [6.07, 6.45) is 4.25. The van der Waals surface area contributed by atoms with E-state index < -0.39 is 0 Å². The minimum Gasteiger partial charge on any atom is -0.280 e. The summed E-state index contributed by atoms with van der Waals surface area (Å²) in [6, 6.07) is 18.8. The summed E-state index contributed by atoms with van der Waals surface area (Å²) in [6.45, 7) is 0.749. The summed E-state index contributed by atoms with van der Waals surface area (Å²) < 4.78 is 0. The highest BCUT2D eigenvalue weighted by Gasteiger charge is 2.10. The largest absolute Gasteiger partial charge is 0.280 e. The Bertz CT molecular complexity index is 589. The summed E-state index contributed by atoms with van der Waals surface area (Å²) >= 11 is 0. The molecule has 19 heavy (non-hydrogen) atoms. The molecule has 2 aromatic carbocycles. The molecule has 0 bridgehead atoms. The van der Waals surface area contributed by atoms with Crippen molar-refractivity contribution in [3.8, 4) is 0 Å². The first-order valence-corrected chi connectivity index (χ1v) is 5.81. The maximum absolute atomic E-state index is 4.66. The van der Waals surface area contributed by atoms with Gasteiger partial charge in [0.15, 0.2) is 0 Å². The Labute approximate surface area is 125 Å². The SMILES string of the molecule is C1=Cc2ccccc2C(c2ccccc2)=NC1.Cl.Cl. The molecule has 0 N–H and O–H groups in total. The molecular formula is C16H15Cl2N. The molecule has 0 aromatic heterocycles. The Hall–Kier alpha value is -1.57. The van der Waals surface area contributed by atoms with Gasteiger partial charge in [0.2, 0.25) is 0 Å². The van der Waals surface area contributed by atoms with Crippen molar-refractivity contribution in [2.24, 2.45) is 4.99 Å². The van der Waals surface area contributed by atoms with Crippen LogP contribution in [0.4, 0.5) is 0 Å². The second kappa shape index (κ2) is 7.13. The van der Waals surface area contributed by atoms with E-state index in [9.17, 15) is 0 Å². The lowest BCUT2D eigenvalue weighted by atomic mass is 9.98. The van der Waals surface area contributed by atoms with Crippen molar-refractivity contribution in [1.29, 1.82) is 0 Å². The fraction of sp³-hybridized carbons (Fsp3) is 0.0625. The van der Waals surface area contributed by atoms with Gasteiger partial charge in [-0.2, -0.15) is 0 Å². The molecular weight excluding hydrogens is 277 g/mol. The standard InChI is InChI=1S/C16H13N.2ClH/c1-2-8-14(9-3-1)16-15-11-5-4-7-13(15)10-6-12-17-16;;/h1-11H,12H2;2*1H. The zero-order chi connectivity index (χ0) is 11.5. The molecule has 1 aliphatic rings. The molecule has 0 unspecified atom stereocenters. The van der Waals surface area contributed by atoms with Gasteiger partial charge < -0.3 is 0 Å². The van der Waals surface area contributed by atoms with Gasteiger partial charge in [-0.15, -0.1) is 24.8 Å². The molecule has 0 aliphatic carbocycles. The Morgan fingerprint density at radius 1 is 0.789 bits per heavy atom. The van der Waals surface area contributed by atoms with Gasteiger partial charge in [0, 0.05) is 11.1 Å². The van der Waals surface area contributed by atoms with Gasteiger partial charge in [0.25, 0.3) is 0 Å². The first-order chi connectivity index (χ1) is 8.45. The van der Waals surface area contributed by atoms with Crippen molar-refractivity contribution in [3.05, 3.63) is 77.4 Å². The van der Waals surface area contributed by atoms with E-state index >= 15 is 0 Å². The van der Waals surface area contributed by atoms with Crippen molar-refractivity contribution in [1.82, 2.24) is 0 Å². The summed E-state index contributed by atoms with van der Waals surface area (Å²) in [5.41, 5.74) is 4.73. The summed E-state index contributed by atoms with van der Waals surface area (Å²) in [5.74, 6) is 0. The van der Waals surface area contributed by atoms with Crippen LogP contribution in [0.15, 0.2) is 65.7 Å². The van der Waals surface area contributed by atoms with Crippen LogP contribution in [-0.4, -0.2) is 12.3 Å². The Balaban J connectivity index is 0.000000902. The first kappa shape index (κ1) is 15.5. The molecule has 0 fully saturated rings. The lowest BCUT2D eigenvalue weighted by Gasteiger charge is -2.08. The van der Waals surface area contributed by atoms with E-state index in [1.54, 1.807) is 0 Å². The minimum atomic E-state index is 0. The van der Waals surface area contributed by atoms with Crippen LogP contribution in [0.25, 0.3) is 6.08 Å². The quantitative estimate of drug-likeness (QED) is 0.739. The zero-order valence-corrected chi connectivity index (χ0v) is 12.0. The number of fused-ring (bicyclic) bond motifs is 1. The predicted molar refractivity (Wildman–Crippen MR) is 86.9 cm³/mol. The van der Waals surface area contributed by atoms with Crippen LogP contribution in [0.1, 0.15) is 16.7 Å². The molecule has 2 aromatic rings. The molecule has 1 aliphatic heterocycles. The lowest BCUT2D eigenvalue weighted by Crippen LogP contribution is -2.04. The van der Waals surface area contributed by atoms with Crippen LogP contribution < -0.4 is 0 Å². The normalized spacial score (nSPS) is 12.3. The average molecular weight is 292 g/mol. The van der Waals surface area contributed by atoms with Gasteiger partial charge in [-0.3, -0.25) is 4.99 Å². The second-order valence-corrected chi connectivity index (χ2v) is 4.04. The smallest absolute Gasteiger partial charge is 0.0728 e. The molecule has 3 rings (SSSR count). The number of hydrogen-bond donors (Lipinski definition) is 0. The van der Waals surface area contributed by atoms with E-state index in [4.69, 9.17) is 0 Å². The fourth-order valence-electron chi connectivity index (χ4n) is 2.11. The van der Waals surface area contributed by atoms with Gasteiger partial charge in [-0.25, -0.2) is 0 Å². The predicted octanol–water partition coefficient (Wildman–Crippen LogP) is 4.39. The average Bonchev–Trinajstić information content (AvgIpc) is 2.62. The molecule has 1 heterocycles. The van der Waals surface area contributed by atoms with Crippen LogP contribution in [-0.2, 0) is 0 Å². The van der Waals surface area contributed by atoms with Crippen molar-refractivity contribution in [2.45, 2.75) is 0 Å². The molecule has 0 amide bonds. The third-order valence-corrected chi connectivity index (χ3v) is 2.92. The van der Waals surface area contributed by atoms with Crippen molar-refractivity contribution >= 4 is 36.6 Å². The number of aliphatic imine (C=N–C) groups is 1. The summed E-state index contributed by atoms with van der Waals surface area (Å²) in [5, 5.41) is 0. The topological polar surface area (TPSA) is 12.4 Å². The lowest BCUT2D eigenvalue weighted by molar-refractivity contribution is 1.25. The van der Waals surface area contributed by atoms with E-state index in [1.807, 2.05) is 6.07 Å². The van der Waals surface area contributed by atoms with Crippen LogP contribution in [0.3, 0.4) is 0 Å². The van der Waals surface area contributed by atoms with Crippen molar-refractivity contribution in [3.63, 3.8) is 0 Å². The third kappa shape index (κ3) is 3.25. The Morgan fingerprint density at radius 2 is 1.47 bits per heavy atom. The van der Waals surface area contributed by atoms with E-state index in [1.165, 1.54) is 16.7 Å². The molecule has 0 saturated carbocycles. The molecule has 0 atom stereocenters. The molecule has 1 nitrogen and oxygen atoms in total. The zero-order valence-electron chi connectivity index (χ0n) is 10.3. The molecule has 0 spiro atoms. The summed E-state index contributed by atoms with van der Waals surface area (Å²) in [4.78, 5) is 4.66. The van der Waals surface area contributed by atoms with Crippen LogP contribution in [0.5, 0.6) is 0 Å². The van der Waals surface area contributed by atoms with E-state index in [0.717, 1.165) is 12.3 Å². The van der Waals surface area contributed by atoms with Crippen LogP contribution in [0, 0.1) is 0 Å². The fourth-order valence-corrected chi connectivity index (χ4v) is 2.11. The second-order valence-electron chi connectivity index (χ2n) is 4.04. The number of nitrogens with zero attached hydrogens (tertiary/aromatic N) is 1. The molecule has 3 heteroatoms. The minimum absolute atomic E-state index is 0. The van der Waals surface area contributed by atoms with Gasteiger partial charge in [-0.1, -0.05) is 66.7 Å². The number of hydrogen-bond acceptors (Lipinski definition) is 1. The van der Waals surface area contributed by atoms with Crippen molar-refractivity contribution in [2.75, 3.05) is 6.54 Å². The monoisotopic (exact) mass is 291 g/mol. The van der Waals surface area contributed by atoms with E-state index in [2.05, 4.69) is 65.7 Å². The van der Waals surface area contributed by atoms with Gasteiger partial charge in [-0.05, 0) is 5.56 Å². The highest BCUT2D eigenvalue weighted by molar-refractivity contribution is 6.15. The number of rotatable bonds is 1. The van der Waals surface area contributed by atoms with Gasteiger partial charge in [0.05, 0.1) is 12.3 Å². The van der Waals surface area contributed by atoms with Crippen molar-refractivity contribution < 1.29 is 0 Å². The molecule has 0 radical (unpaired) electrons. The third-order valence-electron chi connectivity index (χ3n) is 2.92. The number of halogens is 2. The molecule has 98 valence electrons. The maximum atomic E-state index is 4.66. The van der Waals surface area contributed by atoms with E-state index in [0.29, 0.717) is 0 Å².